The van der Waals surface area contributed by atoms with Crippen molar-refractivity contribution in [2.75, 3.05) is 25.0 Å². The Morgan fingerprint density at radius 1 is 1.22 bits per heavy atom. The highest BCUT2D eigenvalue weighted by atomic mass is 16.5. The van der Waals surface area contributed by atoms with E-state index in [0.717, 1.165) is 54.9 Å². The van der Waals surface area contributed by atoms with E-state index in [9.17, 15) is 4.79 Å². The summed E-state index contributed by atoms with van der Waals surface area (Å²) >= 11 is 0. The maximum absolute atomic E-state index is 11.6. The molecule has 1 aromatic carbocycles. The predicted octanol–water partition coefficient (Wildman–Crippen LogP) is 5.35. The van der Waals surface area contributed by atoms with Crippen LogP contribution in [0.2, 0.25) is 0 Å². The van der Waals surface area contributed by atoms with E-state index in [0.29, 0.717) is 29.6 Å². The van der Waals surface area contributed by atoms with Crippen molar-refractivity contribution in [2.24, 2.45) is 16.6 Å². The minimum atomic E-state index is -0.483. The number of rotatable bonds is 14. The van der Waals surface area contributed by atoms with Gasteiger partial charge >= 0.3 is 0 Å². The standard InChI is InChI=1S/C26H42N4O2/c1-8-11-21(16-28-14-9-2)17-32-24-15-22(13-12-19(24)6)30-26(18(4)5)29-20(7)23(10-3)25(27)31/h10,12-13,15,21,28,30H,8-9,11,14,16-17H2,1-7H3,(H2,27,31)/b23-10+,29-20-/t21-/m1/s1. The summed E-state index contributed by atoms with van der Waals surface area (Å²) in [6.07, 6.45) is 5.10. The van der Waals surface area contributed by atoms with Crippen LogP contribution in [-0.2, 0) is 4.79 Å². The number of allylic oxidation sites excluding steroid dienone is 2. The van der Waals surface area contributed by atoms with Crippen LogP contribution in [0.1, 0.15) is 66.4 Å². The first-order valence-electron chi connectivity index (χ1n) is 11.6. The van der Waals surface area contributed by atoms with Gasteiger partial charge in [0.15, 0.2) is 0 Å². The van der Waals surface area contributed by atoms with Gasteiger partial charge in [0.25, 0.3) is 0 Å². The van der Waals surface area contributed by atoms with E-state index in [1.54, 1.807) is 19.9 Å². The number of nitrogens with two attached hydrogens (primary N) is 1. The zero-order valence-electron chi connectivity index (χ0n) is 21.0. The molecule has 0 radical (unpaired) electrons. The number of anilines is 1. The lowest BCUT2D eigenvalue weighted by Crippen LogP contribution is -2.27. The van der Waals surface area contributed by atoms with Crippen LogP contribution in [0, 0.1) is 12.8 Å². The van der Waals surface area contributed by atoms with Crippen LogP contribution in [-0.4, -0.2) is 31.3 Å². The molecule has 0 aliphatic rings. The lowest BCUT2D eigenvalue weighted by molar-refractivity contribution is -0.114. The van der Waals surface area contributed by atoms with Crippen molar-refractivity contribution < 1.29 is 9.53 Å². The third-order valence-corrected chi connectivity index (χ3v) is 5.18. The van der Waals surface area contributed by atoms with Crippen molar-refractivity contribution in [3.8, 4) is 5.75 Å². The summed E-state index contributed by atoms with van der Waals surface area (Å²) in [6.45, 7) is 16.7. The van der Waals surface area contributed by atoms with Crippen molar-refractivity contribution >= 4 is 17.3 Å². The molecule has 0 heterocycles. The molecule has 1 rings (SSSR count). The zero-order chi connectivity index (χ0) is 24.1. The van der Waals surface area contributed by atoms with E-state index in [4.69, 9.17) is 10.5 Å². The molecule has 0 unspecified atom stereocenters. The molecule has 0 aliphatic carbocycles. The molecule has 1 amide bonds. The number of amides is 1. The largest absolute Gasteiger partial charge is 0.493 e. The van der Waals surface area contributed by atoms with Crippen LogP contribution in [0.5, 0.6) is 5.75 Å². The van der Waals surface area contributed by atoms with Gasteiger partial charge in [-0.05, 0) is 71.2 Å². The number of hydrogen-bond donors (Lipinski definition) is 3. The van der Waals surface area contributed by atoms with Crippen LogP contribution < -0.4 is 21.1 Å². The normalized spacial score (nSPS) is 13.0. The van der Waals surface area contributed by atoms with Crippen molar-refractivity contribution in [3.63, 3.8) is 0 Å². The number of carbonyl (C=O) groups is 1. The average molecular weight is 443 g/mol. The fourth-order valence-electron chi connectivity index (χ4n) is 3.34. The Morgan fingerprint density at radius 3 is 2.50 bits per heavy atom. The second kappa shape index (κ2) is 14.5. The molecule has 4 N–H and O–H groups in total. The summed E-state index contributed by atoms with van der Waals surface area (Å²) in [5.41, 5.74) is 9.43. The second-order valence-electron chi connectivity index (χ2n) is 8.39. The molecule has 0 saturated carbocycles. The molecule has 178 valence electrons. The monoisotopic (exact) mass is 442 g/mol. The number of benzene rings is 1. The van der Waals surface area contributed by atoms with Crippen molar-refractivity contribution in [2.45, 2.75) is 67.7 Å². The van der Waals surface area contributed by atoms with Gasteiger partial charge in [-0.15, -0.1) is 0 Å². The van der Waals surface area contributed by atoms with Crippen LogP contribution in [0.25, 0.3) is 0 Å². The molecule has 0 fully saturated rings. The Bertz CT molecular complexity index is 836. The highest BCUT2D eigenvalue weighted by molar-refractivity contribution is 6.20. The predicted molar refractivity (Wildman–Crippen MR) is 136 cm³/mol. The van der Waals surface area contributed by atoms with Gasteiger partial charge in [0.2, 0.25) is 5.91 Å². The third-order valence-electron chi connectivity index (χ3n) is 5.18. The summed E-state index contributed by atoms with van der Waals surface area (Å²) in [4.78, 5) is 16.3. The Hall–Kier alpha value is -2.60. The highest BCUT2D eigenvalue weighted by Crippen LogP contribution is 2.25. The molecule has 1 atom stereocenters. The number of primary amides is 1. The first-order valence-corrected chi connectivity index (χ1v) is 11.6. The molecule has 0 spiro atoms. The quantitative estimate of drug-likeness (QED) is 0.206. The van der Waals surface area contributed by atoms with E-state index < -0.39 is 5.91 Å². The molecule has 6 heteroatoms. The van der Waals surface area contributed by atoms with E-state index in [1.807, 2.05) is 32.0 Å². The Labute approximate surface area is 194 Å². The van der Waals surface area contributed by atoms with Gasteiger partial charge in [0, 0.05) is 24.2 Å². The van der Waals surface area contributed by atoms with E-state index in [1.165, 1.54) is 0 Å². The average Bonchev–Trinajstić information content (AvgIpc) is 2.73. The summed E-state index contributed by atoms with van der Waals surface area (Å²) in [5.74, 6) is 1.55. The minimum Gasteiger partial charge on any atom is -0.493 e. The Morgan fingerprint density at radius 2 is 1.94 bits per heavy atom. The number of ether oxygens (including phenoxy) is 1. The van der Waals surface area contributed by atoms with Gasteiger partial charge in [-0.2, -0.15) is 0 Å². The summed E-state index contributed by atoms with van der Waals surface area (Å²) < 4.78 is 6.23. The van der Waals surface area contributed by atoms with Crippen LogP contribution in [0.4, 0.5) is 5.69 Å². The topological polar surface area (TPSA) is 88.7 Å². The summed E-state index contributed by atoms with van der Waals surface area (Å²) in [6, 6.07) is 6.06. The van der Waals surface area contributed by atoms with Gasteiger partial charge in [0.05, 0.1) is 17.9 Å². The SMILES string of the molecule is C/C=C(C(N)=O)\C(C)=N/C(Nc1ccc(C)c(OC[C@H](CCC)CNCCC)c1)=C(C)C. The molecule has 0 bridgehead atoms. The molecule has 1 aromatic rings. The molecule has 32 heavy (non-hydrogen) atoms. The lowest BCUT2D eigenvalue weighted by atomic mass is 10.0. The number of aryl methyl sites for hydroxylation is 1. The number of hydrogen-bond acceptors (Lipinski definition) is 5. The van der Waals surface area contributed by atoms with Gasteiger partial charge in [0.1, 0.15) is 11.6 Å². The third kappa shape index (κ3) is 9.27. The smallest absolute Gasteiger partial charge is 0.250 e. The molecule has 0 aromatic heterocycles. The van der Waals surface area contributed by atoms with Crippen LogP contribution in [0.15, 0.2) is 46.2 Å². The van der Waals surface area contributed by atoms with Crippen molar-refractivity contribution in [1.82, 2.24) is 5.32 Å². The molecular formula is C26H42N4O2. The van der Waals surface area contributed by atoms with Gasteiger partial charge < -0.3 is 21.1 Å². The highest BCUT2D eigenvalue weighted by Gasteiger charge is 2.12. The lowest BCUT2D eigenvalue weighted by Gasteiger charge is -2.19. The fourth-order valence-corrected chi connectivity index (χ4v) is 3.34. The van der Waals surface area contributed by atoms with Crippen LogP contribution >= 0.6 is 0 Å². The molecule has 0 saturated heterocycles. The first kappa shape index (κ1) is 27.4. The maximum atomic E-state index is 11.6. The van der Waals surface area contributed by atoms with Gasteiger partial charge in [-0.3, -0.25) is 4.79 Å². The zero-order valence-corrected chi connectivity index (χ0v) is 21.0. The number of aliphatic imine (C=N–C) groups is 1. The first-order chi connectivity index (χ1) is 15.2. The number of nitrogens with one attached hydrogen (secondary N) is 2. The molecule has 6 nitrogen and oxygen atoms in total. The van der Waals surface area contributed by atoms with Crippen molar-refractivity contribution in [1.29, 1.82) is 0 Å². The van der Waals surface area contributed by atoms with E-state index in [-0.39, 0.29) is 0 Å². The van der Waals surface area contributed by atoms with E-state index in [2.05, 4.69) is 36.4 Å². The Balaban J connectivity index is 2.99. The minimum absolute atomic E-state index is 0.414. The summed E-state index contributed by atoms with van der Waals surface area (Å²) in [5, 5.41) is 6.88. The number of nitrogens with zero attached hydrogens (tertiary/aromatic N) is 1. The van der Waals surface area contributed by atoms with Gasteiger partial charge in [-0.25, -0.2) is 4.99 Å². The molecular weight excluding hydrogens is 400 g/mol. The fraction of sp³-hybridized carbons (Fsp3) is 0.538. The molecule has 0 aliphatic heterocycles. The van der Waals surface area contributed by atoms with E-state index >= 15 is 0 Å². The van der Waals surface area contributed by atoms with Crippen LogP contribution in [0.3, 0.4) is 0 Å². The summed E-state index contributed by atoms with van der Waals surface area (Å²) in [7, 11) is 0. The van der Waals surface area contributed by atoms with Gasteiger partial charge in [-0.1, -0.05) is 32.4 Å². The maximum Gasteiger partial charge on any atom is 0.250 e. The van der Waals surface area contributed by atoms with Crippen molar-refractivity contribution in [3.05, 3.63) is 46.8 Å². The number of carbonyl (C=O) groups excluding carboxylic acids is 1. The Kier molecular flexibility index (Phi) is 12.4. The second-order valence-corrected chi connectivity index (χ2v) is 8.39.